The Labute approximate surface area is 157 Å². The van der Waals surface area contributed by atoms with Gasteiger partial charge in [0, 0.05) is 36.2 Å². The third kappa shape index (κ3) is 2.70. The predicted molar refractivity (Wildman–Crippen MR) is 99.3 cm³/mol. The lowest BCUT2D eigenvalue weighted by molar-refractivity contribution is -0.192. The molecule has 7 heteroatoms. The zero-order chi connectivity index (χ0) is 18.3. The molecule has 1 spiro atoms. The number of hydrogen-bond acceptors (Lipinski definition) is 5. The summed E-state index contributed by atoms with van der Waals surface area (Å²) in [7, 11) is 1.91. The van der Waals surface area contributed by atoms with Gasteiger partial charge in [-0.1, -0.05) is 6.42 Å². The minimum atomic E-state index is 0.0469. The Hall–Kier alpha value is -1.99. The number of aromatic amines is 1. The molecule has 2 fully saturated rings. The van der Waals surface area contributed by atoms with Crippen molar-refractivity contribution in [2.24, 2.45) is 5.41 Å². The molecule has 1 aromatic heterocycles. The highest BCUT2D eigenvalue weighted by Gasteiger charge is 2.60. The van der Waals surface area contributed by atoms with Crippen LogP contribution in [-0.2, 0) is 4.74 Å². The second-order valence-electron chi connectivity index (χ2n) is 7.19. The van der Waals surface area contributed by atoms with Crippen molar-refractivity contribution in [3.63, 3.8) is 0 Å². The van der Waals surface area contributed by atoms with Crippen molar-refractivity contribution in [1.82, 2.24) is 15.1 Å². The van der Waals surface area contributed by atoms with Gasteiger partial charge in [0.2, 0.25) is 5.89 Å². The van der Waals surface area contributed by atoms with Gasteiger partial charge in [-0.05, 0) is 62.7 Å². The van der Waals surface area contributed by atoms with Gasteiger partial charge >= 0.3 is 0 Å². The lowest BCUT2D eigenvalue weighted by atomic mass is 9.50. The van der Waals surface area contributed by atoms with Gasteiger partial charge in [-0.15, -0.1) is 5.10 Å². The first-order chi connectivity index (χ1) is 12.5. The van der Waals surface area contributed by atoms with E-state index in [0.717, 1.165) is 31.4 Å². The predicted octanol–water partition coefficient (Wildman–Crippen LogP) is 3.82. The Morgan fingerprint density at radius 3 is 2.69 bits per heavy atom. The number of ether oxygens (including phenoxy) is 1. The molecule has 0 saturated heterocycles. The quantitative estimate of drug-likeness (QED) is 0.807. The SMILES string of the molecule is CCO[C@@H]1C[C@H](N(C)C(=O)c2ccc(-c3n[nH]c(=S)o3)cc2)C12CCC2. The summed E-state index contributed by atoms with van der Waals surface area (Å²) in [5.74, 6) is 0.472. The van der Waals surface area contributed by atoms with Crippen LogP contribution >= 0.6 is 12.2 Å². The summed E-state index contributed by atoms with van der Waals surface area (Å²) in [5, 5.41) is 6.60. The largest absolute Gasteiger partial charge is 0.409 e. The van der Waals surface area contributed by atoms with Gasteiger partial charge in [-0.3, -0.25) is 4.79 Å². The number of carbonyl (C=O) groups is 1. The number of nitrogens with zero attached hydrogens (tertiary/aromatic N) is 2. The van der Waals surface area contributed by atoms with E-state index in [9.17, 15) is 4.79 Å². The highest BCUT2D eigenvalue weighted by atomic mass is 32.1. The summed E-state index contributed by atoms with van der Waals surface area (Å²) >= 11 is 4.89. The number of carbonyl (C=O) groups excluding carboxylic acids is 1. The highest BCUT2D eigenvalue weighted by molar-refractivity contribution is 7.71. The summed E-state index contributed by atoms with van der Waals surface area (Å²) in [4.78, 5) is 15.1. The van der Waals surface area contributed by atoms with Gasteiger partial charge in [-0.25, -0.2) is 5.10 Å². The van der Waals surface area contributed by atoms with Crippen LogP contribution in [0.25, 0.3) is 11.5 Å². The summed E-state index contributed by atoms with van der Waals surface area (Å²) < 4.78 is 11.2. The molecule has 1 amide bonds. The first-order valence-electron chi connectivity index (χ1n) is 9.10. The zero-order valence-electron chi connectivity index (χ0n) is 15.0. The van der Waals surface area contributed by atoms with E-state index in [2.05, 4.69) is 10.2 Å². The van der Waals surface area contributed by atoms with E-state index in [0.29, 0.717) is 17.6 Å². The molecule has 1 N–H and O–H groups in total. The van der Waals surface area contributed by atoms with E-state index in [-0.39, 0.29) is 22.2 Å². The van der Waals surface area contributed by atoms with Gasteiger partial charge in [0.1, 0.15) is 0 Å². The maximum Gasteiger partial charge on any atom is 0.284 e. The Morgan fingerprint density at radius 2 is 2.15 bits per heavy atom. The van der Waals surface area contributed by atoms with E-state index in [1.54, 1.807) is 0 Å². The maximum atomic E-state index is 12.9. The van der Waals surface area contributed by atoms with Gasteiger partial charge < -0.3 is 14.1 Å². The minimum Gasteiger partial charge on any atom is -0.409 e. The standard InChI is InChI=1S/C19H23N3O3S/c1-3-24-15-11-14(19(15)9-4-10-19)22(2)17(23)13-7-5-12(6-8-13)16-20-21-18(26)25-16/h5-8,14-15H,3-4,9-11H2,1-2H3,(H,21,26)/t14-,15+/m0/s1. The van der Waals surface area contributed by atoms with Crippen molar-refractivity contribution in [3.8, 4) is 11.5 Å². The molecule has 2 aromatic rings. The van der Waals surface area contributed by atoms with Crippen molar-refractivity contribution in [2.75, 3.05) is 13.7 Å². The van der Waals surface area contributed by atoms with Crippen molar-refractivity contribution < 1.29 is 13.9 Å². The minimum absolute atomic E-state index is 0.0469. The van der Waals surface area contributed by atoms with Crippen molar-refractivity contribution >= 4 is 18.1 Å². The van der Waals surface area contributed by atoms with E-state index < -0.39 is 0 Å². The molecule has 4 rings (SSSR count). The van der Waals surface area contributed by atoms with Crippen LogP contribution in [0.15, 0.2) is 28.7 Å². The van der Waals surface area contributed by atoms with Crippen molar-refractivity contribution in [2.45, 2.75) is 44.8 Å². The van der Waals surface area contributed by atoms with Gasteiger partial charge in [0.15, 0.2) is 0 Å². The third-order valence-corrected chi connectivity index (χ3v) is 6.17. The number of nitrogens with one attached hydrogen (secondary N) is 1. The van der Waals surface area contributed by atoms with Crippen LogP contribution in [0.2, 0.25) is 0 Å². The molecule has 0 aliphatic heterocycles. The number of benzene rings is 1. The van der Waals surface area contributed by atoms with Gasteiger partial charge in [0.25, 0.3) is 10.7 Å². The fraction of sp³-hybridized carbons (Fsp3) is 0.526. The topological polar surface area (TPSA) is 71.4 Å². The Balaban J connectivity index is 1.48. The Bertz CT molecular complexity index is 853. The Morgan fingerprint density at radius 1 is 1.42 bits per heavy atom. The fourth-order valence-corrected chi connectivity index (χ4v) is 4.52. The lowest BCUT2D eigenvalue weighted by Crippen LogP contribution is -2.67. The van der Waals surface area contributed by atoms with Gasteiger partial charge in [0.05, 0.1) is 6.10 Å². The molecule has 138 valence electrons. The molecule has 0 bridgehead atoms. The van der Waals surface area contributed by atoms with Gasteiger partial charge in [-0.2, -0.15) is 0 Å². The van der Waals surface area contributed by atoms with E-state index >= 15 is 0 Å². The molecule has 1 aromatic carbocycles. The second kappa shape index (κ2) is 6.63. The number of amides is 1. The zero-order valence-corrected chi connectivity index (χ0v) is 15.8. The highest BCUT2D eigenvalue weighted by Crippen LogP contribution is 2.59. The molecule has 1 heterocycles. The lowest BCUT2D eigenvalue weighted by Gasteiger charge is -2.63. The first-order valence-corrected chi connectivity index (χ1v) is 9.50. The Kier molecular flexibility index (Phi) is 4.44. The number of H-pyrrole nitrogens is 1. The summed E-state index contributed by atoms with van der Waals surface area (Å²) in [6, 6.07) is 7.56. The normalized spacial score (nSPS) is 23.3. The number of hydrogen-bond donors (Lipinski definition) is 1. The molecular formula is C19H23N3O3S. The first kappa shape index (κ1) is 17.4. The second-order valence-corrected chi connectivity index (χ2v) is 7.56. The molecule has 2 aliphatic carbocycles. The fourth-order valence-electron chi connectivity index (χ4n) is 4.40. The summed E-state index contributed by atoms with van der Waals surface area (Å²) in [6.45, 7) is 2.78. The molecular weight excluding hydrogens is 350 g/mol. The van der Waals surface area contributed by atoms with E-state index in [1.807, 2.05) is 43.1 Å². The summed E-state index contributed by atoms with van der Waals surface area (Å²) in [6.07, 6.45) is 4.78. The molecule has 0 unspecified atom stereocenters. The van der Waals surface area contributed by atoms with E-state index in [1.165, 1.54) is 6.42 Å². The van der Waals surface area contributed by atoms with Crippen LogP contribution < -0.4 is 0 Å². The van der Waals surface area contributed by atoms with Crippen LogP contribution in [0.5, 0.6) is 0 Å². The molecule has 26 heavy (non-hydrogen) atoms. The third-order valence-electron chi connectivity index (χ3n) is 6.00. The van der Waals surface area contributed by atoms with Crippen LogP contribution in [0.4, 0.5) is 0 Å². The van der Waals surface area contributed by atoms with E-state index in [4.69, 9.17) is 21.4 Å². The van der Waals surface area contributed by atoms with Crippen molar-refractivity contribution in [1.29, 1.82) is 0 Å². The molecule has 0 radical (unpaired) electrons. The smallest absolute Gasteiger partial charge is 0.284 e. The monoisotopic (exact) mass is 373 g/mol. The molecule has 2 aliphatic rings. The maximum absolute atomic E-state index is 12.9. The van der Waals surface area contributed by atoms with Crippen LogP contribution in [-0.4, -0.2) is 46.8 Å². The van der Waals surface area contributed by atoms with Crippen LogP contribution in [0.3, 0.4) is 0 Å². The average Bonchev–Trinajstić information content (AvgIpc) is 3.02. The van der Waals surface area contributed by atoms with Crippen LogP contribution in [0.1, 0.15) is 43.0 Å². The average molecular weight is 373 g/mol. The summed E-state index contributed by atoms with van der Waals surface area (Å²) in [5.41, 5.74) is 1.63. The van der Waals surface area contributed by atoms with Crippen LogP contribution in [0, 0.1) is 10.3 Å². The molecule has 2 saturated carbocycles. The van der Waals surface area contributed by atoms with Crippen molar-refractivity contribution in [3.05, 3.63) is 34.7 Å². The number of rotatable bonds is 5. The molecule has 6 nitrogen and oxygen atoms in total. The number of aromatic nitrogens is 2. The molecule has 2 atom stereocenters.